The Bertz CT molecular complexity index is 1350. The van der Waals surface area contributed by atoms with Gasteiger partial charge in [0.25, 0.3) is 0 Å². The Labute approximate surface area is 258 Å². The first-order chi connectivity index (χ1) is 21.1. The van der Waals surface area contributed by atoms with Crippen LogP contribution in [0.5, 0.6) is 11.5 Å². The number of hydrogen-bond donors (Lipinski definition) is 2. The van der Waals surface area contributed by atoms with E-state index in [2.05, 4.69) is 10.8 Å². The van der Waals surface area contributed by atoms with Crippen molar-refractivity contribution in [2.24, 2.45) is 0 Å². The molecule has 4 rings (SSSR count). The van der Waals surface area contributed by atoms with Gasteiger partial charge in [0, 0.05) is 25.9 Å². The molecule has 1 heterocycles. The number of amides is 3. The number of alkyl carbamates (subject to hydrolysis) is 1. The van der Waals surface area contributed by atoms with Gasteiger partial charge in [-0.3, -0.25) is 14.4 Å². The van der Waals surface area contributed by atoms with E-state index in [-0.39, 0.29) is 11.8 Å². The number of morpholine rings is 1. The predicted octanol–water partition coefficient (Wildman–Crippen LogP) is 4.95. The lowest BCUT2D eigenvalue weighted by molar-refractivity contribution is -0.137. The lowest BCUT2D eigenvalue weighted by atomic mass is 10.0. The van der Waals surface area contributed by atoms with Crippen LogP contribution < -0.4 is 15.5 Å². The maximum atomic E-state index is 13.3. The maximum Gasteiger partial charge on any atom is 0.408 e. The molecule has 0 radical (unpaired) electrons. The van der Waals surface area contributed by atoms with Gasteiger partial charge in [0.05, 0.1) is 19.8 Å². The number of ether oxygens (including phenoxy) is 3. The summed E-state index contributed by atoms with van der Waals surface area (Å²) in [5.41, 5.74) is 4.65. The highest BCUT2D eigenvalue weighted by Crippen LogP contribution is 2.23. The number of aryl methyl sites for hydroxylation is 1. The van der Waals surface area contributed by atoms with Gasteiger partial charge in [-0.05, 0) is 68.1 Å². The normalized spacial score (nSPS) is 13.9. The van der Waals surface area contributed by atoms with E-state index in [1.165, 1.54) is 0 Å². The van der Waals surface area contributed by atoms with Crippen LogP contribution >= 0.6 is 0 Å². The summed E-state index contributed by atoms with van der Waals surface area (Å²) in [7, 11) is 0. The molecular formula is C34H41N3O7. The van der Waals surface area contributed by atoms with Gasteiger partial charge in [0.2, 0.25) is 11.8 Å². The monoisotopic (exact) mass is 603 g/mol. The van der Waals surface area contributed by atoms with Crippen LogP contribution in [0.1, 0.15) is 43.9 Å². The fourth-order valence-electron chi connectivity index (χ4n) is 4.53. The second kappa shape index (κ2) is 15.9. The van der Waals surface area contributed by atoms with Crippen LogP contribution in [0, 0.1) is 0 Å². The van der Waals surface area contributed by atoms with Gasteiger partial charge in [-0.2, -0.15) is 0 Å². The Hall–Kier alpha value is -4.41. The van der Waals surface area contributed by atoms with Crippen molar-refractivity contribution in [1.82, 2.24) is 15.7 Å². The van der Waals surface area contributed by atoms with Crippen LogP contribution in [-0.2, 0) is 43.3 Å². The zero-order valence-corrected chi connectivity index (χ0v) is 25.5. The number of hydrogen-bond acceptors (Lipinski definition) is 7. The minimum atomic E-state index is -0.778. The molecule has 1 fully saturated rings. The molecule has 0 aliphatic carbocycles. The summed E-state index contributed by atoms with van der Waals surface area (Å²) in [5.74, 6) is 0.935. The fourth-order valence-corrected chi connectivity index (χ4v) is 4.53. The van der Waals surface area contributed by atoms with E-state index in [0.717, 1.165) is 16.7 Å². The first-order valence-corrected chi connectivity index (χ1v) is 14.8. The Kier molecular flexibility index (Phi) is 11.7. The minimum Gasteiger partial charge on any atom is -0.457 e. The molecule has 1 atom stereocenters. The van der Waals surface area contributed by atoms with Crippen molar-refractivity contribution in [2.75, 3.05) is 26.3 Å². The van der Waals surface area contributed by atoms with Crippen molar-refractivity contribution in [3.8, 4) is 11.5 Å². The van der Waals surface area contributed by atoms with Crippen molar-refractivity contribution in [2.45, 2.75) is 58.3 Å². The van der Waals surface area contributed by atoms with E-state index in [4.69, 9.17) is 19.0 Å². The zero-order chi connectivity index (χ0) is 31.4. The van der Waals surface area contributed by atoms with E-state index >= 15 is 0 Å². The molecule has 234 valence electrons. The molecule has 1 aliphatic rings. The molecule has 0 bridgehead atoms. The second-order valence-corrected chi connectivity index (χ2v) is 11.5. The highest BCUT2D eigenvalue weighted by Gasteiger charge is 2.29. The molecular weight excluding hydrogens is 562 g/mol. The highest BCUT2D eigenvalue weighted by atomic mass is 16.6. The number of benzene rings is 3. The number of nitrogens with one attached hydrogen (secondary N) is 2. The van der Waals surface area contributed by atoms with Crippen molar-refractivity contribution in [3.63, 3.8) is 0 Å². The van der Waals surface area contributed by atoms with E-state index in [1.54, 1.807) is 25.7 Å². The summed E-state index contributed by atoms with van der Waals surface area (Å²) in [4.78, 5) is 44.9. The molecule has 0 spiro atoms. The average Bonchev–Trinajstić information content (AvgIpc) is 3.01. The van der Waals surface area contributed by atoms with Gasteiger partial charge in [-0.25, -0.2) is 10.3 Å². The zero-order valence-electron chi connectivity index (χ0n) is 25.5. The topological polar surface area (TPSA) is 115 Å². The molecule has 10 heteroatoms. The standard InChI is InChI=1S/C34H41N3O7/c1-34(2,3)44-33(40)35-30(32(39)37-19-21-41-22-20-37)23-26-11-16-29(17-12-26)43-28-14-9-25(10-15-28)13-18-31(38)36-42-24-27-7-5-4-6-8-27/h4-12,14-17,30H,13,18-24H2,1-3H3,(H,35,40)(H,36,38)/t30-/m0/s1. The average molecular weight is 604 g/mol. The fraction of sp³-hybridized carbons (Fsp3) is 0.382. The molecule has 44 heavy (non-hydrogen) atoms. The molecule has 1 aliphatic heterocycles. The third-order valence-electron chi connectivity index (χ3n) is 6.74. The van der Waals surface area contributed by atoms with Crippen molar-refractivity contribution >= 4 is 17.9 Å². The summed E-state index contributed by atoms with van der Waals surface area (Å²) in [5, 5.41) is 2.76. The van der Waals surface area contributed by atoms with Gasteiger partial charge >= 0.3 is 6.09 Å². The number of carbonyl (C=O) groups is 3. The van der Waals surface area contributed by atoms with Crippen molar-refractivity contribution in [1.29, 1.82) is 0 Å². The first kappa shape index (κ1) is 32.5. The Balaban J connectivity index is 1.26. The Morgan fingerprint density at radius 3 is 2.07 bits per heavy atom. The summed E-state index contributed by atoms with van der Waals surface area (Å²) in [6, 6.07) is 23.8. The van der Waals surface area contributed by atoms with Crippen LogP contribution in [0.4, 0.5) is 4.79 Å². The van der Waals surface area contributed by atoms with E-state index in [0.29, 0.717) is 63.7 Å². The van der Waals surface area contributed by atoms with E-state index in [1.807, 2.05) is 78.9 Å². The van der Waals surface area contributed by atoms with Crippen LogP contribution in [0.15, 0.2) is 78.9 Å². The summed E-state index contributed by atoms with van der Waals surface area (Å²) < 4.78 is 16.8. The number of rotatable bonds is 12. The second-order valence-electron chi connectivity index (χ2n) is 11.5. The first-order valence-electron chi connectivity index (χ1n) is 14.8. The third-order valence-corrected chi connectivity index (χ3v) is 6.74. The third kappa shape index (κ3) is 11.0. The number of hydroxylamine groups is 1. The molecule has 3 aromatic rings. The molecule has 0 unspecified atom stereocenters. The smallest absolute Gasteiger partial charge is 0.408 e. The number of carbonyl (C=O) groups excluding carboxylic acids is 3. The molecule has 2 N–H and O–H groups in total. The minimum absolute atomic E-state index is 0.170. The van der Waals surface area contributed by atoms with Crippen molar-refractivity contribution < 1.29 is 33.4 Å². The van der Waals surface area contributed by atoms with Crippen LogP contribution in [0.25, 0.3) is 0 Å². The molecule has 3 aromatic carbocycles. The highest BCUT2D eigenvalue weighted by molar-refractivity contribution is 5.86. The summed E-state index contributed by atoms with van der Waals surface area (Å²) in [6.45, 7) is 7.55. The molecule has 10 nitrogen and oxygen atoms in total. The molecule has 1 saturated heterocycles. The molecule has 3 amide bonds. The summed E-state index contributed by atoms with van der Waals surface area (Å²) >= 11 is 0. The van der Waals surface area contributed by atoms with Crippen molar-refractivity contribution in [3.05, 3.63) is 95.6 Å². The quantitative estimate of drug-likeness (QED) is 0.282. The maximum absolute atomic E-state index is 13.3. The lowest BCUT2D eigenvalue weighted by Gasteiger charge is -2.31. The predicted molar refractivity (Wildman–Crippen MR) is 165 cm³/mol. The lowest BCUT2D eigenvalue weighted by Crippen LogP contribution is -2.53. The van der Waals surface area contributed by atoms with Gasteiger partial charge in [-0.1, -0.05) is 54.6 Å². The van der Waals surface area contributed by atoms with Gasteiger partial charge < -0.3 is 24.4 Å². The number of nitrogens with zero attached hydrogens (tertiary/aromatic N) is 1. The van der Waals surface area contributed by atoms with Crippen LogP contribution in [0.2, 0.25) is 0 Å². The van der Waals surface area contributed by atoms with E-state index < -0.39 is 17.7 Å². The van der Waals surface area contributed by atoms with Gasteiger partial charge in [0.1, 0.15) is 23.1 Å². The SMILES string of the molecule is CC(C)(C)OC(=O)N[C@@H](Cc1ccc(Oc2ccc(CCC(=O)NOCc3ccccc3)cc2)cc1)C(=O)N1CCOCC1. The summed E-state index contributed by atoms with van der Waals surface area (Å²) in [6.07, 6.45) is 0.533. The Morgan fingerprint density at radius 2 is 1.45 bits per heavy atom. The molecule has 0 saturated carbocycles. The van der Waals surface area contributed by atoms with Gasteiger partial charge in [0.15, 0.2) is 0 Å². The van der Waals surface area contributed by atoms with Crippen LogP contribution in [-0.4, -0.2) is 60.8 Å². The largest absolute Gasteiger partial charge is 0.457 e. The van der Waals surface area contributed by atoms with E-state index in [9.17, 15) is 14.4 Å². The molecule has 0 aromatic heterocycles. The Morgan fingerprint density at radius 1 is 0.841 bits per heavy atom. The van der Waals surface area contributed by atoms with Gasteiger partial charge in [-0.15, -0.1) is 0 Å². The van der Waals surface area contributed by atoms with Crippen LogP contribution in [0.3, 0.4) is 0 Å².